The molecule has 0 aliphatic heterocycles. The van der Waals surface area contributed by atoms with Crippen molar-refractivity contribution in [2.75, 3.05) is 5.32 Å². The standard InChI is InChI=1S/C16H21NO3/c1-10-7-6-8-11(2)14(10)17-12(15(19)20)9-13(18)16(3,4)5/h6-9,17H,1-5H3,(H,19,20). The van der Waals surface area contributed by atoms with E-state index in [2.05, 4.69) is 5.32 Å². The molecule has 0 spiro atoms. The summed E-state index contributed by atoms with van der Waals surface area (Å²) in [6.07, 6.45) is 1.16. The van der Waals surface area contributed by atoms with Crippen molar-refractivity contribution in [3.8, 4) is 0 Å². The van der Waals surface area contributed by atoms with E-state index in [4.69, 9.17) is 0 Å². The van der Waals surface area contributed by atoms with E-state index in [0.29, 0.717) is 0 Å². The molecule has 1 rings (SSSR count). The van der Waals surface area contributed by atoms with Gasteiger partial charge in [0.2, 0.25) is 0 Å². The Morgan fingerprint density at radius 2 is 1.65 bits per heavy atom. The number of carboxylic acids is 1. The van der Waals surface area contributed by atoms with Gasteiger partial charge in [-0.1, -0.05) is 39.0 Å². The zero-order chi connectivity index (χ0) is 15.5. The van der Waals surface area contributed by atoms with Gasteiger partial charge < -0.3 is 10.4 Å². The van der Waals surface area contributed by atoms with Crippen LogP contribution in [-0.2, 0) is 9.59 Å². The first-order chi connectivity index (χ1) is 9.12. The number of rotatable bonds is 4. The van der Waals surface area contributed by atoms with Crippen molar-refractivity contribution >= 4 is 17.4 Å². The van der Waals surface area contributed by atoms with Gasteiger partial charge in [-0.2, -0.15) is 0 Å². The zero-order valence-electron chi connectivity index (χ0n) is 12.6. The van der Waals surface area contributed by atoms with Crippen molar-refractivity contribution in [1.29, 1.82) is 0 Å². The van der Waals surface area contributed by atoms with Crippen LogP contribution in [0.1, 0.15) is 31.9 Å². The van der Waals surface area contributed by atoms with Gasteiger partial charge in [-0.25, -0.2) is 4.79 Å². The highest BCUT2D eigenvalue weighted by Gasteiger charge is 2.21. The minimum atomic E-state index is -1.15. The average Bonchev–Trinajstić information content (AvgIpc) is 2.30. The highest BCUT2D eigenvalue weighted by atomic mass is 16.4. The van der Waals surface area contributed by atoms with E-state index in [9.17, 15) is 14.7 Å². The summed E-state index contributed by atoms with van der Waals surface area (Å²) in [4.78, 5) is 23.3. The molecule has 0 saturated heterocycles. The van der Waals surface area contributed by atoms with Crippen molar-refractivity contribution in [2.45, 2.75) is 34.6 Å². The number of aliphatic carboxylic acids is 1. The second-order valence-electron chi connectivity index (χ2n) is 5.87. The number of para-hydroxylation sites is 1. The predicted molar refractivity (Wildman–Crippen MR) is 79.7 cm³/mol. The summed E-state index contributed by atoms with van der Waals surface area (Å²) in [5.74, 6) is -1.38. The van der Waals surface area contributed by atoms with E-state index >= 15 is 0 Å². The third-order valence-electron chi connectivity index (χ3n) is 2.99. The van der Waals surface area contributed by atoms with Crippen molar-refractivity contribution in [3.05, 3.63) is 41.1 Å². The van der Waals surface area contributed by atoms with Crippen molar-refractivity contribution < 1.29 is 14.7 Å². The Labute approximate surface area is 119 Å². The van der Waals surface area contributed by atoms with E-state index < -0.39 is 11.4 Å². The molecule has 20 heavy (non-hydrogen) atoms. The molecule has 2 N–H and O–H groups in total. The number of nitrogens with one attached hydrogen (secondary N) is 1. The Hall–Kier alpha value is -2.10. The van der Waals surface area contributed by atoms with Crippen LogP contribution in [-0.4, -0.2) is 16.9 Å². The van der Waals surface area contributed by atoms with Crippen LogP contribution >= 0.6 is 0 Å². The van der Waals surface area contributed by atoms with Gasteiger partial charge in [0.25, 0.3) is 0 Å². The fourth-order valence-corrected chi connectivity index (χ4v) is 1.65. The lowest BCUT2D eigenvalue weighted by atomic mass is 9.90. The molecular formula is C16H21NO3. The van der Waals surface area contributed by atoms with Gasteiger partial charge in [0, 0.05) is 17.2 Å². The van der Waals surface area contributed by atoms with Crippen molar-refractivity contribution in [1.82, 2.24) is 0 Å². The summed E-state index contributed by atoms with van der Waals surface area (Å²) in [6, 6.07) is 5.68. The number of anilines is 1. The Morgan fingerprint density at radius 1 is 1.15 bits per heavy atom. The fraction of sp³-hybridized carbons (Fsp3) is 0.375. The molecule has 0 fully saturated rings. The van der Waals surface area contributed by atoms with E-state index in [1.807, 2.05) is 32.0 Å². The number of ketones is 1. The number of benzene rings is 1. The summed E-state index contributed by atoms with van der Waals surface area (Å²) in [7, 11) is 0. The summed E-state index contributed by atoms with van der Waals surface area (Å²) < 4.78 is 0. The van der Waals surface area contributed by atoms with Gasteiger partial charge >= 0.3 is 5.97 Å². The van der Waals surface area contributed by atoms with Crippen LogP contribution in [0.15, 0.2) is 30.0 Å². The molecule has 0 aliphatic carbocycles. The second kappa shape index (κ2) is 5.90. The number of carbonyl (C=O) groups is 2. The van der Waals surface area contributed by atoms with Crippen molar-refractivity contribution in [2.24, 2.45) is 5.41 Å². The van der Waals surface area contributed by atoms with Gasteiger partial charge in [-0.3, -0.25) is 4.79 Å². The molecular weight excluding hydrogens is 254 g/mol. The largest absolute Gasteiger partial charge is 0.477 e. The molecule has 0 aromatic heterocycles. The molecule has 4 heteroatoms. The summed E-state index contributed by atoms with van der Waals surface area (Å²) >= 11 is 0. The van der Waals surface area contributed by atoms with Crippen LogP contribution in [0.4, 0.5) is 5.69 Å². The van der Waals surface area contributed by atoms with Gasteiger partial charge in [0.15, 0.2) is 5.78 Å². The third-order valence-corrected chi connectivity index (χ3v) is 2.99. The quantitative estimate of drug-likeness (QED) is 0.827. The Balaban J connectivity index is 3.15. The van der Waals surface area contributed by atoms with Gasteiger partial charge in [0.1, 0.15) is 5.70 Å². The van der Waals surface area contributed by atoms with Crippen LogP contribution in [0, 0.1) is 19.3 Å². The normalized spacial score (nSPS) is 12.2. The Bertz CT molecular complexity index is 545. The van der Waals surface area contributed by atoms with E-state index in [-0.39, 0.29) is 11.5 Å². The first-order valence-corrected chi connectivity index (χ1v) is 6.45. The molecule has 0 atom stereocenters. The molecule has 0 aliphatic rings. The molecule has 1 aromatic rings. The van der Waals surface area contributed by atoms with Crippen LogP contribution in [0.2, 0.25) is 0 Å². The smallest absolute Gasteiger partial charge is 0.352 e. The van der Waals surface area contributed by atoms with Gasteiger partial charge in [-0.15, -0.1) is 0 Å². The van der Waals surface area contributed by atoms with Crippen LogP contribution in [0.25, 0.3) is 0 Å². The highest BCUT2D eigenvalue weighted by molar-refractivity contribution is 6.02. The minimum absolute atomic E-state index is 0.109. The van der Waals surface area contributed by atoms with Crippen LogP contribution in [0.5, 0.6) is 0 Å². The highest BCUT2D eigenvalue weighted by Crippen LogP contribution is 2.22. The first kappa shape index (κ1) is 16.0. The predicted octanol–water partition coefficient (Wildman–Crippen LogP) is 3.30. The summed E-state index contributed by atoms with van der Waals surface area (Å²) in [5.41, 5.74) is 1.87. The van der Waals surface area contributed by atoms with Gasteiger partial charge in [0.05, 0.1) is 0 Å². The number of carbonyl (C=O) groups excluding carboxylic acids is 1. The number of allylic oxidation sites excluding steroid dienone is 1. The van der Waals surface area contributed by atoms with Gasteiger partial charge in [-0.05, 0) is 25.0 Å². The first-order valence-electron chi connectivity index (χ1n) is 6.45. The summed E-state index contributed by atoms with van der Waals surface area (Å²) in [5, 5.41) is 12.1. The number of hydrogen-bond donors (Lipinski definition) is 2. The van der Waals surface area contributed by atoms with Crippen molar-refractivity contribution in [3.63, 3.8) is 0 Å². The van der Waals surface area contributed by atoms with Crippen LogP contribution < -0.4 is 5.32 Å². The lowest BCUT2D eigenvalue weighted by Crippen LogP contribution is -2.21. The minimum Gasteiger partial charge on any atom is -0.477 e. The topological polar surface area (TPSA) is 66.4 Å². The molecule has 1 aromatic carbocycles. The number of aryl methyl sites for hydroxylation is 2. The maximum absolute atomic E-state index is 12.0. The van der Waals surface area contributed by atoms with E-state index in [1.54, 1.807) is 20.8 Å². The fourth-order valence-electron chi connectivity index (χ4n) is 1.65. The second-order valence-corrected chi connectivity index (χ2v) is 5.87. The third kappa shape index (κ3) is 3.95. The lowest BCUT2D eigenvalue weighted by molar-refractivity contribution is -0.133. The van der Waals surface area contributed by atoms with E-state index in [0.717, 1.165) is 22.9 Å². The lowest BCUT2D eigenvalue weighted by Gasteiger charge is -2.16. The number of carboxylic acid groups (broad SMARTS) is 1. The average molecular weight is 275 g/mol. The Morgan fingerprint density at radius 3 is 2.05 bits per heavy atom. The van der Waals surface area contributed by atoms with E-state index in [1.165, 1.54) is 0 Å². The molecule has 0 saturated carbocycles. The molecule has 0 heterocycles. The molecule has 0 amide bonds. The van der Waals surface area contributed by atoms with Crippen LogP contribution in [0.3, 0.4) is 0 Å². The molecule has 0 bridgehead atoms. The molecule has 108 valence electrons. The number of hydrogen-bond acceptors (Lipinski definition) is 3. The zero-order valence-corrected chi connectivity index (χ0v) is 12.6. The monoisotopic (exact) mass is 275 g/mol. The molecule has 0 radical (unpaired) electrons. The molecule has 0 unspecified atom stereocenters. The maximum atomic E-state index is 12.0. The summed E-state index contributed by atoms with van der Waals surface area (Å²) in [6.45, 7) is 9.04. The SMILES string of the molecule is Cc1cccc(C)c1NC(=CC(=O)C(C)(C)C)C(=O)O. The Kier molecular flexibility index (Phi) is 4.71. The maximum Gasteiger partial charge on any atom is 0.352 e. The molecule has 4 nitrogen and oxygen atoms in total.